The number of esters is 3. The van der Waals surface area contributed by atoms with Crippen LogP contribution < -0.4 is 15.4 Å². The summed E-state index contributed by atoms with van der Waals surface area (Å²) in [6, 6.07) is 6.24. The van der Waals surface area contributed by atoms with Crippen molar-refractivity contribution in [3.05, 3.63) is 53.8 Å². The van der Waals surface area contributed by atoms with Gasteiger partial charge in [0.25, 0.3) is 11.7 Å². The van der Waals surface area contributed by atoms with Gasteiger partial charge < -0.3 is 58.6 Å². The van der Waals surface area contributed by atoms with E-state index in [0.717, 1.165) is 6.42 Å². The molecule has 62 heavy (non-hydrogen) atoms. The molecule has 0 bridgehead atoms. The van der Waals surface area contributed by atoms with Gasteiger partial charge in [-0.2, -0.15) is 0 Å². The van der Waals surface area contributed by atoms with Gasteiger partial charge in [-0.05, 0) is 48.3 Å². The predicted molar refractivity (Wildman–Crippen MR) is 227 cm³/mol. The summed E-state index contributed by atoms with van der Waals surface area (Å²) in [6.45, 7) is 14.7. The molecule has 7 atom stereocenters. The van der Waals surface area contributed by atoms with Crippen molar-refractivity contribution in [1.29, 1.82) is 0 Å². The lowest BCUT2D eigenvalue weighted by Crippen LogP contribution is -2.60. The number of likely N-dealkylation sites (tertiary alicyclic amines) is 1. The van der Waals surface area contributed by atoms with Crippen molar-refractivity contribution >= 4 is 69.8 Å². The number of nitrogens with two attached hydrogens (primary N) is 1. The van der Waals surface area contributed by atoms with E-state index in [9.17, 15) is 24.0 Å². The van der Waals surface area contributed by atoms with Gasteiger partial charge in [-0.3, -0.25) is 19.0 Å². The molecule has 5 rings (SSSR count). The summed E-state index contributed by atoms with van der Waals surface area (Å²) in [7, 11) is 6.52. The molecule has 0 unspecified atom stereocenters. The van der Waals surface area contributed by atoms with E-state index in [2.05, 4.69) is 21.7 Å². The Hall–Kier alpha value is -6.27. The summed E-state index contributed by atoms with van der Waals surface area (Å²) in [5.41, 5.74) is 7.58. The first-order valence-electron chi connectivity index (χ1n) is 19.9. The van der Waals surface area contributed by atoms with Crippen molar-refractivity contribution in [2.75, 3.05) is 71.6 Å². The molecule has 2 N–H and O–H groups in total. The minimum atomic E-state index is -1.40. The third kappa shape index (κ3) is 10.8. The number of likely N-dealkylation sites (N-methyl/N-ethyl adjacent to an activating group) is 3. The minimum absolute atomic E-state index is 0.0374. The Morgan fingerprint density at radius 2 is 1.71 bits per heavy atom. The summed E-state index contributed by atoms with van der Waals surface area (Å²) < 4.78 is 35.1. The number of ether oxygens (including phenoxy) is 6. The van der Waals surface area contributed by atoms with Crippen molar-refractivity contribution in [2.45, 2.75) is 71.4 Å². The number of methoxy groups -OCH3 is 1. The van der Waals surface area contributed by atoms with E-state index in [4.69, 9.17) is 52.9 Å². The molecule has 1 aromatic carbocycles. The van der Waals surface area contributed by atoms with Crippen LogP contribution in [0.3, 0.4) is 0 Å². The standard InChI is InChI=1S/C41H53N9O11S/c1-23-12-14-49(32(53)19-43-5)20-30(23)48(8)36-28-13-15-50(37(28)45-22-44-36)40(55)46(6)16-17-47(7)41(62)57-21-27-10-11-31(29(42)18-27)60-39-35(59-26(4)52)33(58-25(3)51)24(2)34(61-39)38(54)56-9/h10-11,13,15,18,22-24,30,33-35,39H,12,14,16-17,19-21,42H2,1-4,6-9H3/t23-,24+,30+,33+,34+,35-,39-/m1/s1. The number of rotatable bonds is 13. The first kappa shape index (κ1) is 46.8. The zero-order valence-corrected chi connectivity index (χ0v) is 36.8. The molecule has 2 amide bonds. The lowest BCUT2D eigenvalue weighted by atomic mass is 9.90. The van der Waals surface area contributed by atoms with Crippen LogP contribution in [-0.4, -0.2) is 156 Å². The van der Waals surface area contributed by atoms with Gasteiger partial charge in [0, 0.05) is 73.3 Å². The molecule has 2 aliphatic rings. The predicted octanol–water partition coefficient (Wildman–Crippen LogP) is 2.72. The molecule has 4 heterocycles. The van der Waals surface area contributed by atoms with Crippen LogP contribution in [0, 0.1) is 18.4 Å². The Labute approximate surface area is 364 Å². The van der Waals surface area contributed by atoms with E-state index in [-0.39, 0.29) is 60.2 Å². The number of anilines is 2. The lowest BCUT2D eigenvalue weighted by Gasteiger charge is -2.42. The SMILES string of the molecule is [C-]#[N+]CC(=O)N1CC[C@@H](C)[C@@H](N(C)c2ncnc3c2ccn3C(=O)N(C)CCN(C)C(=S)OCc2ccc(O[C@@H]3O[C@H](C(=O)OC)[C@@H](C)[C@H](OC(C)=O)[C@H]3OC(C)=O)c(N)c2)C1. The zero-order chi connectivity index (χ0) is 45.4. The topological polar surface area (TPSA) is 215 Å². The van der Waals surface area contributed by atoms with Crippen LogP contribution in [-0.2, 0) is 49.5 Å². The van der Waals surface area contributed by atoms with Crippen molar-refractivity contribution in [3.8, 4) is 5.75 Å². The minimum Gasteiger partial charge on any atom is -0.467 e. The third-order valence-corrected chi connectivity index (χ3v) is 11.4. The number of aromatic nitrogens is 3. The van der Waals surface area contributed by atoms with Crippen LogP contribution in [0.25, 0.3) is 15.9 Å². The molecular weight excluding hydrogens is 827 g/mol. The summed E-state index contributed by atoms with van der Waals surface area (Å²) in [5, 5.41) is 0.853. The number of carbonyl (C=O) groups is 5. The molecule has 334 valence electrons. The first-order valence-corrected chi connectivity index (χ1v) is 20.3. The number of benzene rings is 1. The number of fused-ring (bicyclic) bond motifs is 1. The van der Waals surface area contributed by atoms with Crippen molar-refractivity contribution in [3.63, 3.8) is 0 Å². The largest absolute Gasteiger partial charge is 0.467 e. The highest BCUT2D eigenvalue weighted by atomic mass is 32.1. The molecule has 0 spiro atoms. The van der Waals surface area contributed by atoms with Crippen molar-refractivity contribution in [2.24, 2.45) is 11.8 Å². The number of nitrogens with zero attached hydrogens (tertiary/aromatic N) is 8. The maximum atomic E-state index is 13.7. The van der Waals surface area contributed by atoms with E-state index in [1.165, 1.54) is 36.8 Å². The summed E-state index contributed by atoms with van der Waals surface area (Å²) in [4.78, 5) is 82.1. The number of hydrogen-bond donors (Lipinski definition) is 1. The van der Waals surface area contributed by atoms with Gasteiger partial charge >= 0.3 is 29.8 Å². The summed E-state index contributed by atoms with van der Waals surface area (Å²) >= 11 is 5.53. The quantitative estimate of drug-likeness (QED) is 0.0859. The van der Waals surface area contributed by atoms with E-state index < -0.39 is 48.4 Å². The first-order chi connectivity index (χ1) is 29.4. The van der Waals surface area contributed by atoms with Crippen LogP contribution >= 0.6 is 12.2 Å². The van der Waals surface area contributed by atoms with Crippen molar-refractivity contribution < 1.29 is 52.4 Å². The molecule has 2 aliphatic heterocycles. The van der Waals surface area contributed by atoms with Gasteiger partial charge in [-0.25, -0.2) is 26.1 Å². The summed E-state index contributed by atoms with van der Waals surface area (Å²) in [5.74, 6) is -2.01. The highest BCUT2D eigenvalue weighted by Crippen LogP contribution is 2.35. The second-order valence-electron chi connectivity index (χ2n) is 15.3. The highest BCUT2D eigenvalue weighted by molar-refractivity contribution is 7.80. The van der Waals surface area contributed by atoms with Crippen molar-refractivity contribution in [1.82, 2.24) is 29.2 Å². The third-order valence-electron chi connectivity index (χ3n) is 11.0. The average molecular weight is 880 g/mol. The van der Waals surface area contributed by atoms with E-state index in [0.29, 0.717) is 42.0 Å². The van der Waals surface area contributed by atoms with E-state index in [1.54, 1.807) is 61.3 Å². The number of piperidine rings is 1. The molecule has 0 aliphatic carbocycles. The van der Waals surface area contributed by atoms with E-state index >= 15 is 0 Å². The molecule has 2 fully saturated rings. The maximum absolute atomic E-state index is 13.7. The second-order valence-corrected chi connectivity index (χ2v) is 15.7. The van der Waals surface area contributed by atoms with Crippen LogP contribution in [0.2, 0.25) is 0 Å². The van der Waals surface area contributed by atoms with Gasteiger partial charge in [0.1, 0.15) is 24.5 Å². The Bertz CT molecular complexity index is 2200. The average Bonchev–Trinajstić information content (AvgIpc) is 3.68. The molecule has 21 heteroatoms. The zero-order valence-electron chi connectivity index (χ0n) is 36.0. The molecule has 2 aromatic heterocycles. The van der Waals surface area contributed by atoms with Crippen LogP contribution in [0.15, 0.2) is 36.8 Å². The Balaban J connectivity index is 1.17. The van der Waals surface area contributed by atoms with Gasteiger partial charge in [0.2, 0.25) is 12.4 Å². The Morgan fingerprint density at radius 1 is 1.02 bits per heavy atom. The fourth-order valence-corrected chi connectivity index (χ4v) is 7.61. The molecule has 0 saturated carbocycles. The number of carbonyl (C=O) groups excluding carboxylic acids is 5. The van der Waals surface area contributed by atoms with Crippen LogP contribution in [0.1, 0.15) is 39.7 Å². The smallest absolute Gasteiger partial charge is 0.335 e. The molecule has 20 nitrogen and oxygen atoms in total. The fourth-order valence-electron chi connectivity index (χ4n) is 7.46. The highest BCUT2D eigenvalue weighted by Gasteiger charge is 2.52. The number of thiocarbonyl (C=S) groups is 1. The normalized spacial score (nSPS) is 22.1. The summed E-state index contributed by atoms with van der Waals surface area (Å²) in [6.07, 6.45) is -1.09. The monoisotopic (exact) mass is 879 g/mol. The molecule has 0 radical (unpaired) electrons. The van der Waals surface area contributed by atoms with Gasteiger partial charge in [0.15, 0.2) is 17.9 Å². The molecule has 3 aromatic rings. The number of nitrogen functional groups attached to an aromatic ring is 1. The number of amides is 2. The van der Waals surface area contributed by atoms with Crippen LogP contribution in [0.5, 0.6) is 5.75 Å². The van der Waals surface area contributed by atoms with Crippen LogP contribution in [0.4, 0.5) is 16.3 Å². The van der Waals surface area contributed by atoms with E-state index in [1.807, 2.05) is 11.9 Å². The fraction of sp³-hybridized carbons (Fsp3) is 0.537. The number of hydrogen-bond acceptors (Lipinski definition) is 16. The lowest BCUT2D eigenvalue weighted by molar-refractivity contribution is -0.266. The van der Waals surface area contributed by atoms with Gasteiger partial charge in [0.05, 0.1) is 24.2 Å². The molecular formula is C41H53N9O11S. The van der Waals surface area contributed by atoms with Gasteiger partial charge in [-0.15, -0.1) is 0 Å². The Kier molecular flexibility index (Phi) is 15.5. The molecule has 2 saturated heterocycles. The Morgan fingerprint density at radius 3 is 2.37 bits per heavy atom. The maximum Gasteiger partial charge on any atom is 0.335 e. The van der Waals surface area contributed by atoms with Gasteiger partial charge in [-0.1, -0.05) is 19.9 Å². The second kappa shape index (κ2) is 20.5.